The van der Waals surface area contributed by atoms with Crippen LogP contribution in [0.3, 0.4) is 0 Å². The van der Waals surface area contributed by atoms with E-state index in [1.165, 1.54) is 37.8 Å². The van der Waals surface area contributed by atoms with Crippen LogP contribution in [0.5, 0.6) is 0 Å². The van der Waals surface area contributed by atoms with E-state index in [4.69, 9.17) is 11.5 Å². The minimum Gasteiger partial charge on any atom is -0.404 e. The maximum Gasteiger partial charge on any atom is 0.0619 e. The summed E-state index contributed by atoms with van der Waals surface area (Å²) in [5.74, 6) is 0. The highest BCUT2D eigenvalue weighted by Crippen LogP contribution is 2.40. The van der Waals surface area contributed by atoms with Gasteiger partial charge < -0.3 is 16.0 Å². The van der Waals surface area contributed by atoms with Crippen LogP contribution in [0, 0.1) is 0 Å². The van der Waals surface area contributed by atoms with Gasteiger partial charge in [0, 0.05) is 27.7 Å². The lowest BCUT2D eigenvalue weighted by Crippen LogP contribution is -1.97. The Hall–Kier alpha value is -5.54. The molecule has 0 amide bonds. The summed E-state index contributed by atoms with van der Waals surface area (Å²) in [4.78, 5) is 0. The van der Waals surface area contributed by atoms with E-state index in [1.807, 2.05) is 13.0 Å². The maximum atomic E-state index is 6.17. The van der Waals surface area contributed by atoms with Crippen molar-refractivity contribution in [3.05, 3.63) is 164 Å². The molecule has 0 aliphatic rings. The molecule has 1 aromatic heterocycles. The first-order valence-electron chi connectivity index (χ1n) is 14.5. The Morgan fingerprint density at radius 2 is 1.44 bits per heavy atom. The van der Waals surface area contributed by atoms with E-state index in [2.05, 4.69) is 127 Å². The van der Waals surface area contributed by atoms with Crippen LogP contribution in [-0.4, -0.2) is 4.57 Å². The van der Waals surface area contributed by atoms with Gasteiger partial charge in [0.15, 0.2) is 0 Å². The molecule has 4 N–H and O–H groups in total. The Labute approximate surface area is 252 Å². The molecule has 0 bridgehead atoms. The van der Waals surface area contributed by atoms with Crippen LogP contribution in [0.2, 0.25) is 0 Å². The van der Waals surface area contributed by atoms with Gasteiger partial charge in [0.2, 0.25) is 0 Å². The minimum atomic E-state index is 0.685. The van der Waals surface area contributed by atoms with E-state index in [0.717, 1.165) is 39.1 Å². The van der Waals surface area contributed by atoms with E-state index < -0.39 is 0 Å². The fourth-order valence-corrected chi connectivity index (χ4v) is 6.04. The molecule has 3 heteroatoms. The van der Waals surface area contributed by atoms with Crippen LogP contribution in [-0.2, 0) is 0 Å². The Morgan fingerprint density at radius 1 is 0.698 bits per heavy atom. The molecule has 5 aromatic carbocycles. The van der Waals surface area contributed by atoms with Gasteiger partial charge >= 0.3 is 0 Å². The lowest BCUT2D eigenvalue weighted by molar-refractivity contribution is 1.20. The molecule has 43 heavy (non-hydrogen) atoms. The number of rotatable bonds is 8. The molecule has 0 saturated carbocycles. The van der Waals surface area contributed by atoms with Gasteiger partial charge in [0.25, 0.3) is 0 Å². The molecule has 210 valence electrons. The van der Waals surface area contributed by atoms with Gasteiger partial charge in [-0.05, 0) is 76.4 Å². The zero-order valence-corrected chi connectivity index (χ0v) is 24.4. The lowest BCUT2D eigenvalue weighted by Gasteiger charge is -2.14. The second-order valence-electron chi connectivity index (χ2n) is 10.6. The van der Waals surface area contributed by atoms with Crippen molar-refractivity contribution in [1.29, 1.82) is 0 Å². The first-order valence-corrected chi connectivity index (χ1v) is 14.5. The molecule has 0 radical (unpaired) electrons. The third kappa shape index (κ3) is 4.85. The topological polar surface area (TPSA) is 57.0 Å². The Balaban J connectivity index is 1.66. The van der Waals surface area contributed by atoms with Gasteiger partial charge in [0.1, 0.15) is 0 Å². The molecular formula is C40H35N3. The maximum absolute atomic E-state index is 6.17. The predicted octanol–water partition coefficient (Wildman–Crippen LogP) is 9.95. The summed E-state index contributed by atoms with van der Waals surface area (Å²) >= 11 is 0. The van der Waals surface area contributed by atoms with Crippen LogP contribution in [0.4, 0.5) is 0 Å². The van der Waals surface area contributed by atoms with Crippen molar-refractivity contribution < 1.29 is 0 Å². The number of hydrogen-bond donors (Lipinski definition) is 2. The van der Waals surface area contributed by atoms with Crippen LogP contribution < -0.4 is 11.5 Å². The van der Waals surface area contributed by atoms with Gasteiger partial charge in [-0.15, -0.1) is 0 Å². The summed E-state index contributed by atoms with van der Waals surface area (Å²) in [5.41, 5.74) is 20.6. The Kier molecular flexibility index (Phi) is 7.55. The van der Waals surface area contributed by atoms with Gasteiger partial charge in [-0.25, -0.2) is 0 Å². The van der Waals surface area contributed by atoms with Crippen molar-refractivity contribution >= 4 is 54.5 Å². The van der Waals surface area contributed by atoms with Crippen LogP contribution >= 0.6 is 0 Å². The van der Waals surface area contributed by atoms with E-state index >= 15 is 0 Å². The Bertz CT molecular complexity index is 2160. The van der Waals surface area contributed by atoms with Gasteiger partial charge in [-0.3, -0.25) is 0 Å². The third-order valence-corrected chi connectivity index (χ3v) is 8.26. The summed E-state index contributed by atoms with van der Waals surface area (Å²) in [7, 11) is 0. The molecule has 3 nitrogen and oxygen atoms in total. The minimum absolute atomic E-state index is 0.685. The molecule has 0 saturated heterocycles. The average Bonchev–Trinajstić information content (AvgIpc) is 3.39. The number of hydrogen-bond acceptors (Lipinski definition) is 2. The zero-order valence-electron chi connectivity index (χ0n) is 24.4. The monoisotopic (exact) mass is 557 g/mol. The van der Waals surface area contributed by atoms with Gasteiger partial charge in [-0.2, -0.15) is 0 Å². The second-order valence-corrected chi connectivity index (χ2v) is 10.6. The quantitative estimate of drug-likeness (QED) is 0.183. The highest BCUT2D eigenvalue weighted by molar-refractivity contribution is 6.20. The SMILES string of the molecule is C=C/C(=C\N)C/C=C\C(=C/N)c1ccc2c3ccc4cc(/C(C=C)=C/C)ccc4c3n(-c3cccc4ccccc34)c2c1. The van der Waals surface area contributed by atoms with E-state index in [0.29, 0.717) is 6.42 Å². The molecule has 1 heterocycles. The number of allylic oxidation sites excluding steroid dienone is 8. The van der Waals surface area contributed by atoms with Gasteiger partial charge in [0.05, 0.1) is 16.7 Å². The summed E-state index contributed by atoms with van der Waals surface area (Å²) in [5, 5.41) is 7.19. The second kappa shape index (κ2) is 11.8. The van der Waals surface area contributed by atoms with Crippen molar-refractivity contribution in [1.82, 2.24) is 4.57 Å². The van der Waals surface area contributed by atoms with Crippen molar-refractivity contribution in [2.75, 3.05) is 0 Å². The molecule has 6 aromatic rings. The molecule has 0 fully saturated rings. The number of aromatic nitrogens is 1. The highest BCUT2D eigenvalue weighted by atomic mass is 15.0. The smallest absolute Gasteiger partial charge is 0.0619 e. The zero-order chi connectivity index (χ0) is 29.9. The molecule has 0 aliphatic carbocycles. The number of fused-ring (bicyclic) bond motifs is 6. The molecule has 6 rings (SSSR count). The average molecular weight is 558 g/mol. The fraction of sp³-hybridized carbons (Fsp3) is 0.0500. The van der Waals surface area contributed by atoms with Crippen molar-refractivity contribution in [2.24, 2.45) is 11.5 Å². The summed E-state index contributed by atoms with van der Waals surface area (Å²) < 4.78 is 2.42. The lowest BCUT2D eigenvalue weighted by atomic mass is 9.99. The van der Waals surface area contributed by atoms with E-state index in [-0.39, 0.29) is 0 Å². The number of nitrogens with zero attached hydrogens (tertiary/aromatic N) is 1. The highest BCUT2D eigenvalue weighted by Gasteiger charge is 2.18. The largest absolute Gasteiger partial charge is 0.404 e. The molecule has 0 unspecified atom stereocenters. The van der Waals surface area contributed by atoms with Crippen molar-refractivity contribution in [3.63, 3.8) is 0 Å². The van der Waals surface area contributed by atoms with Crippen LogP contribution in [0.1, 0.15) is 24.5 Å². The van der Waals surface area contributed by atoms with E-state index in [9.17, 15) is 0 Å². The van der Waals surface area contributed by atoms with E-state index in [1.54, 1.807) is 18.5 Å². The molecule has 0 aliphatic heterocycles. The van der Waals surface area contributed by atoms with Crippen molar-refractivity contribution in [3.8, 4) is 5.69 Å². The Morgan fingerprint density at radius 3 is 2.19 bits per heavy atom. The van der Waals surface area contributed by atoms with Crippen LogP contribution in [0.25, 0.3) is 60.2 Å². The molecular weight excluding hydrogens is 522 g/mol. The first kappa shape index (κ1) is 27.6. The predicted molar refractivity (Wildman–Crippen MR) is 188 cm³/mol. The first-order chi connectivity index (χ1) is 21.1. The normalized spacial score (nSPS) is 13.1. The van der Waals surface area contributed by atoms with Crippen LogP contribution in [0.15, 0.2) is 153 Å². The summed E-state index contributed by atoms with van der Waals surface area (Å²) in [6, 6.07) is 32.9. The number of benzene rings is 5. The third-order valence-electron chi connectivity index (χ3n) is 8.26. The van der Waals surface area contributed by atoms with Gasteiger partial charge in [-0.1, -0.05) is 116 Å². The summed E-state index contributed by atoms with van der Waals surface area (Å²) in [6.45, 7) is 9.90. The fourth-order valence-electron chi connectivity index (χ4n) is 6.04. The standard InChI is InChI=1S/C40H35N3/c1-4-27(25-41)11-9-14-33(26-42)31-18-21-36-37-22-19-32-23-30(28(5-2)6-3)17-20-35(32)40(37)43(39(36)24-31)38-16-10-13-29-12-7-8-15-34(29)38/h4-10,12-26H,1-2,11,41-42H2,3H3/b14-9-,27-25+,28-6+,33-26+. The molecule has 0 spiro atoms. The molecule has 0 atom stereocenters. The number of nitrogens with two attached hydrogens (primary N) is 2. The van der Waals surface area contributed by atoms with Crippen molar-refractivity contribution in [2.45, 2.75) is 13.3 Å². The summed E-state index contributed by atoms with van der Waals surface area (Å²) in [6.07, 6.45) is 13.8.